The first-order chi connectivity index (χ1) is 16.3. The van der Waals surface area contributed by atoms with Crippen molar-refractivity contribution in [1.29, 1.82) is 0 Å². The minimum absolute atomic E-state index is 0.0362. The smallest absolute Gasteiger partial charge is 0.256 e. The van der Waals surface area contributed by atoms with Gasteiger partial charge in [-0.05, 0) is 82.3 Å². The number of piperidine rings is 1. The van der Waals surface area contributed by atoms with Crippen molar-refractivity contribution in [2.45, 2.75) is 64.1 Å². The third-order valence-electron chi connectivity index (χ3n) is 6.40. The van der Waals surface area contributed by atoms with Gasteiger partial charge < -0.3 is 20.9 Å². The molecule has 3 N–H and O–H groups in total. The summed E-state index contributed by atoms with van der Waals surface area (Å²) in [7, 11) is 0. The predicted molar refractivity (Wildman–Crippen MR) is 134 cm³/mol. The Morgan fingerprint density at radius 2 is 1.74 bits per heavy atom. The molecule has 2 aromatic rings. The minimum atomic E-state index is -0.284. The monoisotopic (exact) mass is 482 g/mol. The average Bonchev–Trinajstić information content (AvgIpc) is 3.62. The highest BCUT2D eigenvalue weighted by Crippen LogP contribution is 2.29. The number of hydrogen-bond donors (Lipinski definition) is 3. The van der Waals surface area contributed by atoms with E-state index in [0.29, 0.717) is 27.5 Å². The van der Waals surface area contributed by atoms with E-state index in [1.165, 1.54) is 0 Å². The van der Waals surface area contributed by atoms with Gasteiger partial charge in [0.05, 0.1) is 12.1 Å². The van der Waals surface area contributed by atoms with E-state index in [0.717, 1.165) is 32.1 Å². The number of halogens is 1. The Balaban J connectivity index is 1.41. The first kappa shape index (κ1) is 24.1. The van der Waals surface area contributed by atoms with Gasteiger partial charge in [0.2, 0.25) is 5.91 Å². The molecule has 2 fully saturated rings. The summed E-state index contributed by atoms with van der Waals surface area (Å²) in [6.07, 6.45) is 5.08. The molecular formula is C26H31ClN4O3. The zero-order valence-electron chi connectivity index (χ0n) is 19.6. The van der Waals surface area contributed by atoms with E-state index < -0.39 is 0 Å². The summed E-state index contributed by atoms with van der Waals surface area (Å²) in [4.78, 5) is 40.2. The van der Waals surface area contributed by atoms with Crippen LogP contribution in [-0.2, 0) is 4.79 Å². The van der Waals surface area contributed by atoms with Crippen LogP contribution in [-0.4, -0.2) is 47.3 Å². The van der Waals surface area contributed by atoms with Crippen LogP contribution in [0.5, 0.6) is 0 Å². The molecule has 2 atom stereocenters. The molecule has 4 rings (SSSR count). The third-order valence-corrected chi connectivity index (χ3v) is 6.64. The standard InChI is InChI=1S/C26H31ClN4O3/c1-16-5-3-6-17(2)31(16)26(34)22-14-19(27)9-12-23(22)28-15-24(32)29-21-8-4-7-18(13-21)25(33)30-20-10-11-20/h4,7-9,12-14,16-17,20,28H,3,5-6,10-11,15H2,1-2H3,(H,29,32)(H,30,33)/t16-,17-/m0/s1. The number of carbonyl (C=O) groups excluding carboxylic acids is 3. The van der Waals surface area contributed by atoms with Crippen molar-refractivity contribution in [2.24, 2.45) is 0 Å². The fourth-order valence-electron chi connectivity index (χ4n) is 4.42. The maximum Gasteiger partial charge on any atom is 0.256 e. The number of anilines is 2. The molecule has 1 aliphatic heterocycles. The second kappa shape index (κ2) is 10.5. The zero-order valence-corrected chi connectivity index (χ0v) is 20.3. The van der Waals surface area contributed by atoms with Crippen LogP contribution in [0.15, 0.2) is 42.5 Å². The molecule has 0 aromatic heterocycles. The summed E-state index contributed by atoms with van der Waals surface area (Å²) in [5, 5.41) is 9.31. The van der Waals surface area contributed by atoms with E-state index in [9.17, 15) is 14.4 Å². The Labute approximate surface area is 205 Å². The van der Waals surface area contributed by atoms with Gasteiger partial charge >= 0.3 is 0 Å². The summed E-state index contributed by atoms with van der Waals surface area (Å²) in [6, 6.07) is 12.5. The molecule has 180 valence electrons. The summed E-state index contributed by atoms with van der Waals surface area (Å²) >= 11 is 6.21. The third kappa shape index (κ3) is 5.89. The topological polar surface area (TPSA) is 90.5 Å². The number of nitrogens with one attached hydrogen (secondary N) is 3. The average molecular weight is 483 g/mol. The molecule has 7 nitrogen and oxygen atoms in total. The van der Waals surface area contributed by atoms with Crippen molar-refractivity contribution in [3.8, 4) is 0 Å². The lowest BCUT2D eigenvalue weighted by atomic mass is 9.96. The Morgan fingerprint density at radius 3 is 2.44 bits per heavy atom. The molecule has 0 unspecified atom stereocenters. The maximum absolute atomic E-state index is 13.4. The van der Waals surface area contributed by atoms with Crippen molar-refractivity contribution in [3.05, 3.63) is 58.6 Å². The van der Waals surface area contributed by atoms with E-state index in [1.807, 2.05) is 4.90 Å². The molecule has 34 heavy (non-hydrogen) atoms. The van der Waals surface area contributed by atoms with Crippen LogP contribution in [0.25, 0.3) is 0 Å². The predicted octanol–water partition coefficient (Wildman–Crippen LogP) is 4.69. The number of rotatable bonds is 7. The zero-order chi connectivity index (χ0) is 24.2. The van der Waals surface area contributed by atoms with Crippen LogP contribution in [0.1, 0.15) is 66.7 Å². The molecule has 1 saturated carbocycles. The fraction of sp³-hybridized carbons (Fsp3) is 0.423. The molecular weight excluding hydrogens is 452 g/mol. The lowest BCUT2D eigenvalue weighted by Crippen LogP contribution is -2.47. The van der Waals surface area contributed by atoms with Gasteiger partial charge in [0.25, 0.3) is 11.8 Å². The quantitative estimate of drug-likeness (QED) is 0.534. The molecule has 2 aliphatic rings. The van der Waals surface area contributed by atoms with Gasteiger partial charge in [-0.3, -0.25) is 14.4 Å². The molecule has 1 saturated heterocycles. The van der Waals surface area contributed by atoms with Gasteiger partial charge in [0.15, 0.2) is 0 Å². The second-order valence-corrected chi connectivity index (χ2v) is 9.70. The summed E-state index contributed by atoms with van der Waals surface area (Å²) in [5.74, 6) is -0.505. The van der Waals surface area contributed by atoms with E-state index in [-0.39, 0.29) is 42.4 Å². The Kier molecular flexibility index (Phi) is 7.41. The van der Waals surface area contributed by atoms with Crippen molar-refractivity contribution in [2.75, 3.05) is 17.2 Å². The van der Waals surface area contributed by atoms with Crippen LogP contribution in [0.4, 0.5) is 11.4 Å². The van der Waals surface area contributed by atoms with Crippen molar-refractivity contribution < 1.29 is 14.4 Å². The highest BCUT2D eigenvalue weighted by atomic mass is 35.5. The van der Waals surface area contributed by atoms with Crippen LogP contribution in [0, 0.1) is 0 Å². The number of hydrogen-bond acceptors (Lipinski definition) is 4. The first-order valence-corrected chi connectivity index (χ1v) is 12.3. The van der Waals surface area contributed by atoms with Gasteiger partial charge in [-0.15, -0.1) is 0 Å². The van der Waals surface area contributed by atoms with E-state index in [1.54, 1.807) is 42.5 Å². The van der Waals surface area contributed by atoms with Gasteiger partial charge in [-0.25, -0.2) is 0 Å². The van der Waals surface area contributed by atoms with E-state index >= 15 is 0 Å². The summed E-state index contributed by atoms with van der Waals surface area (Å²) < 4.78 is 0. The lowest BCUT2D eigenvalue weighted by Gasteiger charge is -2.39. The highest BCUT2D eigenvalue weighted by Gasteiger charge is 2.31. The van der Waals surface area contributed by atoms with Gasteiger partial charge in [0, 0.05) is 40.1 Å². The van der Waals surface area contributed by atoms with E-state index in [2.05, 4.69) is 29.8 Å². The number of nitrogens with zero attached hydrogens (tertiary/aromatic N) is 1. The van der Waals surface area contributed by atoms with Gasteiger partial charge in [-0.2, -0.15) is 0 Å². The second-order valence-electron chi connectivity index (χ2n) is 9.26. The first-order valence-electron chi connectivity index (χ1n) is 11.9. The van der Waals surface area contributed by atoms with Crippen molar-refractivity contribution in [3.63, 3.8) is 0 Å². The van der Waals surface area contributed by atoms with Gasteiger partial charge in [-0.1, -0.05) is 17.7 Å². The molecule has 0 bridgehead atoms. The van der Waals surface area contributed by atoms with E-state index in [4.69, 9.17) is 11.6 Å². The number of amides is 3. The number of carbonyl (C=O) groups is 3. The van der Waals surface area contributed by atoms with Crippen LogP contribution >= 0.6 is 11.6 Å². The van der Waals surface area contributed by atoms with Crippen LogP contribution in [0.2, 0.25) is 5.02 Å². The molecule has 1 aliphatic carbocycles. The van der Waals surface area contributed by atoms with Gasteiger partial charge in [0.1, 0.15) is 0 Å². The highest BCUT2D eigenvalue weighted by molar-refractivity contribution is 6.31. The molecule has 1 heterocycles. The molecule has 3 amide bonds. The SMILES string of the molecule is C[C@H]1CCC[C@H](C)N1C(=O)c1cc(Cl)ccc1NCC(=O)Nc1cccc(C(=O)NC2CC2)c1. The normalized spacial score (nSPS) is 19.9. The lowest BCUT2D eigenvalue weighted by molar-refractivity contribution is -0.114. The molecule has 0 radical (unpaired) electrons. The Morgan fingerprint density at radius 1 is 1.00 bits per heavy atom. The number of benzene rings is 2. The van der Waals surface area contributed by atoms with Crippen molar-refractivity contribution >= 4 is 40.7 Å². The largest absolute Gasteiger partial charge is 0.375 e. The fourth-order valence-corrected chi connectivity index (χ4v) is 4.60. The molecule has 8 heteroatoms. The van der Waals surface area contributed by atoms with Crippen molar-refractivity contribution in [1.82, 2.24) is 10.2 Å². The number of likely N-dealkylation sites (tertiary alicyclic amines) is 1. The summed E-state index contributed by atoms with van der Waals surface area (Å²) in [6.45, 7) is 4.10. The Hall–Kier alpha value is -3.06. The van der Waals surface area contributed by atoms with Crippen LogP contribution in [0.3, 0.4) is 0 Å². The molecule has 2 aromatic carbocycles. The summed E-state index contributed by atoms with van der Waals surface area (Å²) in [5.41, 5.74) is 2.07. The maximum atomic E-state index is 13.4. The van der Waals surface area contributed by atoms with Crippen LogP contribution < -0.4 is 16.0 Å². The Bertz CT molecular complexity index is 1080. The molecule has 0 spiro atoms. The minimum Gasteiger partial charge on any atom is -0.375 e.